The van der Waals surface area contributed by atoms with Gasteiger partial charge in [-0.25, -0.2) is 0 Å². The van der Waals surface area contributed by atoms with Crippen LogP contribution in [-0.2, 0) is 0 Å². The summed E-state index contributed by atoms with van der Waals surface area (Å²) in [6.45, 7) is 0. The molecule has 116 valence electrons. The van der Waals surface area contributed by atoms with Crippen molar-refractivity contribution in [1.29, 1.82) is 0 Å². The van der Waals surface area contributed by atoms with Crippen molar-refractivity contribution in [3.05, 3.63) is 42.9 Å². The van der Waals surface area contributed by atoms with E-state index in [1.807, 2.05) is 18.2 Å². The minimum atomic E-state index is -1.20. The van der Waals surface area contributed by atoms with E-state index in [9.17, 15) is 15.3 Å². The Hall–Kier alpha value is -1.67. The Balaban J connectivity index is 1.69. The van der Waals surface area contributed by atoms with Crippen LogP contribution < -0.4 is 4.74 Å². The number of ether oxygens (including phenoxy) is 1. The van der Waals surface area contributed by atoms with Gasteiger partial charge in [0.1, 0.15) is 18.0 Å². The van der Waals surface area contributed by atoms with Crippen molar-refractivity contribution in [2.24, 2.45) is 0 Å². The Labute approximate surface area is 131 Å². The standard InChI is InChI=1S/C15H16N2O4S/c18-12-8-22-15(14(20)13(12)19)21-10-1-2-11(17-7-10)9-3-5-16-6-4-9/h1-7,12-15,18-20H,8H2/t12-,13+,14-,15+/m1/s1. The highest BCUT2D eigenvalue weighted by Crippen LogP contribution is 2.29. The van der Waals surface area contributed by atoms with Crippen LogP contribution in [0.15, 0.2) is 42.9 Å². The summed E-state index contributed by atoms with van der Waals surface area (Å²) in [5.41, 5.74) is 1.11. The summed E-state index contributed by atoms with van der Waals surface area (Å²) in [5.74, 6) is 0.809. The molecule has 6 nitrogen and oxygen atoms in total. The second-order valence-electron chi connectivity index (χ2n) is 4.98. The van der Waals surface area contributed by atoms with Gasteiger partial charge >= 0.3 is 0 Å². The summed E-state index contributed by atoms with van der Waals surface area (Å²) in [6, 6.07) is 7.30. The van der Waals surface area contributed by atoms with E-state index in [2.05, 4.69) is 9.97 Å². The number of aliphatic hydroxyl groups excluding tert-OH is 3. The molecule has 1 aliphatic heterocycles. The van der Waals surface area contributed by atoms with E-state index in [-0.39, 0.29) is 0 Å². The molecule has 0 aromatic carbocycles. The number of hydrogen-bond donors (Lipinski definition) is 3. The number of nitrogens with zero attached hydrogens (tertiary/aromatic N) is 2. The fraction of sp³-hybridized carbons (Fsp3) is 0.333. The van der Waals surface area contributed by atoms with Gasteiger partial charge in [-0.1, -0.05) is 0 Å². The first-order chi connectivity index (χ1) is 10.6. The number of pyridine rings is 2. The molecule has 2 aromatic rings. The van der Waals surface area contributed by atoms with Gasteiger partial charge in [0, 0.05) is 23.7 Å². The lowest BCUT2D eigenvalue weighted by Crippen LogP contribution is -2.50. The van der Waals surface area contributed by atoms with Gasteiger partial charge in [-0.2, -0.15) is 0 Å². The molecule has 0 aliphatic carbocycles. The molecule has 3 heterocycles. The maximum Gasteiger partial charge on any atom is 0.173 e. The van der Waals surface area contributed by atoms with Crippen molar-refractivity contribution in [3.63, 3.8) is 0 Å². The fourth-order valence-electron chi connectivity index (χ4n) is 2.16. The van der Waals surface area contributed by atoms with Gasteiger partial charge in [0.2, 0.25) is 0 Å². The topological polar surface area (TPSA) is 95.7 Å². The van der Waals surface area contributed by atoms with Gasteiger partial charge < -0.3 is 20.1 Å². The lowest BCUT2D eigenvalue weighted by atomic mass is 10.1. The average Bonchev–Trinajstić information content (AvgIpc) is 2.57. The zero-order valence-electron chi connectivity index (χ0n) is 11.6. The highest BCUT2D eigenvalue weighted by atomic mass is 32.2. The van der Waals surface area contributed by atoms with Crippen LogP contribution in [-0.4, -0.2) is 54.8 Å². The van der Waals surface area contributed by atoms with Crippen LogP contribution in [0.1, 0.15) is 0 Å². The number of aliphatic hydroxyl groups is 3. The van der Waals surface area contributed by atoms with Gasteiger partial charge in [-0.05, 0) is 24.3 Å². The Bertz CT molecular complexity index is 611. The average molecular weight is 320 g/mol. The van der Waals surface area contributed by atoms with Gasteiger partial charge in [0.25, 0.3) is 0 Å². The lowest BCUT2D eigenvalue weighted by molar-refractivity contribution is -0.0786. The lowest BCUT2D eigenvalue weighted by Gasteiger charge is -2.34. The second kappa shape index (κ2) is 6.62. The summed E-state index contributed by atoms with van der Waals surface area (Å²) in [5, 5.41) is 29.1. The zero-order chi connectivity index (χ0) is 15.5. The van der Waals surface area contributed by atoms with Crippen LogP contribution in [0.3, 0.4) is 0 Å². The number of rotatable bonds is 3. The van der Waals surface area contributed by atoms with Crippen molar-refractivity contribution in [2.45, 2.75) is 23.7 Å². The summed E-state index contributed by atoms with van der Waals surface area (Å²) < 4.78 is 5.64. The highest BCUT2D eigenvalue weighted by Gasteiger charge is 2.38. The molecule has 1 aliphatic rings. The van der Waals surface area contributed by atoms with E-state index in [4.69, 9.17) is 4.74 Å². The monoisotopic (exact) mass is 320 g/mol. The molecule has 2 aromatic heterocycles. The normalized spacial score (nSPS) is 28.3. The van der Waals surface area contributed by atoms with Crippen molar-refractivity contribution >= 4 is 11.8 Å². The van der Waals surface area contributed by atoms with E-state index in [1.165, 1.54) is 11.8 Å². The molecular formula is C15H16N2O4S. The zero-order valence-corrected chi connectivity index (χ0v) is 12.4. The molecule has 3 N–H and O–H groups in total. The van der Waals surface area contributed by atoms with E-state index < -0.39 is 23.7 Å². The van der Waals surface area contributed by atoms with Gasteiger partial charge in [-0.3, -0.25) is 9.97 Å². The molecule has 7 heteroatoms. The maximum atomic E-state index is 9.92. The molecule has 0 unspecified atom stereocenters. The fourth-order valence-corrected chi connectivity index (χ4v) is 3.28. The Morgan fingerprint density at radius 3 is 2.50 bits per heavy atom. The summed E-state index contributed by atoms with van der Waals surface area (Å²) in [4.78, 5) is 8.28. The first-order valence-corrected chi connectivity index (χ1v) is 7.89. The van der Waals surface area contributed by atoms with Crippen molar-refractivity contribution in [2.75, 3.05) is 5.75 Å². The maximum absolute atomic E-state index is 9.92. The third kappa shape index (κ3) is 3.22. The third-order valence-electron chi connectivity index (χ3n) is 3.42. The minimum Gasteiger partial charge on any atom is -0.475 e. The van der Waals surface area contributed by atoms with Crippen LogP contribution in [0.4, 0.5) is 0 Å². The Morgan fingerprint density at radius 2 is 1.82 bits per heavy atom. The van der Waals surface area contributed by atoms with Gasteiger partial charge in [0.05, 0.1) is 18.0 Å². The second-order valence-corrected chi connectivity index (χ2v) is 6.11. The molecule has 0 saturated carbocycles. The number of thioether (sulfide) groups is 1. The van der Waals surface area contributed by atoms with E-state index in [1.54, 1.807) is 24.7 Å². The quantitative estimate of drug-likeness (QED) is 0.765. The van der Waals surface area contributed by atoms with Crippen LogP contribution in [0.2, 0.25) is 0 Å². The molecule has 3 rings (SSSR count). The first-order valence-electron chi connectivity index (χ1n) is 6.84. The first kappa shape index (κ1) is 15.2. The SMILES string of the molecule is O[C@@H]1[C@@H](O)[C@@H](Oc2ccc(-c3ccncc3)nc2)SC[C@H]1O. The van der Waals surface area contributed by atoms with E-state index in [0.717, 1.165) is 11.3 Å². The number of hydrogen-bond acceptors (Lipinski definition) is 7. The summed E-state index contributed by atoms with van der Waals surface area (Å²) in [6.07, 6.45) is 1.68. The smallest absolute Gasteiger partial charge is 0.173 e. The van der Waals surface area contributed by atoms with Gasteiger partial charge in [0.15, 0.2) is 5.44 Å². The molecular weight excluding hydrogens is 304 g/mol. The Morgan fingerprint density at radius 1 is 1.05 bits per heavy atom. The summed E-state index contributed by atoms with van der Waals surface area (Å²) >= 11 is 1.26. The highest BCUT2D eigenvalue weighted by molar-refractivity contribution is 7.99. The molecule has 0 bridgehead atoms. The molecule has 0 amide bonds. The predicted molar refractivity (Wildman–Crippen MR) is 82.4 cm³/mol. The van der Waals surface area contributed by atoms with E-state index in [0.29, 0.717) is 11.5 Å². The van der Waals surface area contributed by atoms with Crippen LogP contribution in [0.25, 0.3) is 11.3 Å². The van der Waals surface area contributed by atoms with Crippen molar-refractivity contribution in [3.8, 4) is 17.0 Å². The number of aromatic nitrogens is 2. The van der Waals surface area contributed by atoms with Gasteiger partial charge in [-0.15, -0.1) is 11.8 Å². The molecule has 0 radical (unpaired) electrons. The van der Waals surface area contributed by atoms with Crippen molar-refractivity contribution < 1.29 is 20.1 Å². The van der Waals surface area contributed by atoms with E-state index >= 15 is 0 Å². The molecule has 4 atom stereocenters. The summed E-state index contributed by atoms with van der Waals surface area (Å²) in [7, 11) is 0. The van der Waals surface area contributed by atoms with Crippen LogP contribution in [0.5, 0.6) is 5.75 Å². The van der Waals surface area contributed by atoms with Crippen molar-refractivity contribution in [1.82, 2.24) is 9.97 Å². The Kier molecular flexibility index (Phi) is 4.58. The molecule has 1 saturated heterocycles. The third-order valence-corrected chi connectivity index (χ3v) is 4.66. The van der Waals surface area contributed by atoms with Crippen LogP contribution in [0, 0.1) is 0 Å². The molecule has 0 spiro atoms. The largest absolute Gasteiger partial charge is 0.475 e. The molecule has 1 fully saturated rings. The minimum absolute atomic E-state index is 0.311. The predicted octanol–water partition coefficient (Wildman–Crippen LogP) is 0.678. The van der Waals surface area contributed by atoms with Crippen LogP contribution >= 0.6 is 11.8 Å². The molecule has 22 heavy (non-hydrogen) atoms.